The monoisotopic (exact) mass is 283 g/mol. The number of nitrogens with one attached hydrogen (secondary N) is 1. The number of benzene rings is 2. The van der Waals surface area contributed by atoms with Crippen molar-refractivity contribution >= 4 is 5.69 Å². The fourth-order valence-corrected chi connectivity index (χ4v) is 2.15. The third kappa shape index (κ3) is 4.65. The number of hydrogen-bond acceptors (Lipinski definition) is 3. The Bertz CT molecular complexity index is 603. The number of rotatable bonds is 6. The highest BCUT2D eigenvalue weighted by atomic mass is 17.1. The predicted molar refractivity (Wildman–Crippen MR) is 86.1 cm³/mol. The molecule has 0 aliphatic heterocycles. The van der Waals surface area contributed by atoms with E-state index in [9.17, 15) is 0 Å². The van der Waals surface area contributed by atoms with Gasteiger partial charge in [0.15, 0.2) is 0 Å². The Kier molecular flexibility index (Phi) is 5.41. The zero-order valence-electron chi connectivity index (χ0n) is 12.5. The molecule has 0 atom stereocenters. The zero-order chi connectivity index (χ0) is 15.1. The molecule has 0 saturated heterocycles. The summed E-state index contributed by atoms with van der Waals surface area (Å²) < 4.78 is 0. The summed E-state index contributed by atoms with van der Waals surface area (Å²) in [5, 5.41) is 12.1. The Hall–Kier alpha value is -2.26. The molecule has 0 heterocycles. The number of aryl methyl sites for hydroxylation is 1. The van der Waals surface area contributed by atoms with Crippen molar-refractivity contribution in [2.75, 3.05) is 5.32 Å². The van der Waals surface area contributed by atoms with Crippen LogP contribution in [-0.4, -0.2) is 5.26 Å². The largest absolute Gasteiger partial charge is 0.381 e. The Morgan fingerprint density at radius 3 is 2.52 bits per heavy atom. The smallest absolute Gasteiger partial charge is 0.142 e. The predicted octanol–water partition coefficient (Wildman–Crippen LogP) is 4.54. The quantitative estimate of drug-likeness (QED) is 0.464. The number of allylic oxidation sites excluding steroid dienone is 2. The van der Waals surface area contributed by atoms with E-state index in [1.54, 1.807) is 6.08 Å². The van der Waals surface area contributed by atoms with Crippen molar-refractivity contribution in [3.63, 3.8) is 0 Å². The molecule has 3 heteroatoms. The Balaban J connectivity index is 1.93. The highest BCUT2D eigenvalue weighted by molar-refractivity contribution is 5.45. The van der Waals surface area contributed by atoms with E-state index in [0.717, 1.165) is 17.8 Å². The van der Waals surface area contributed by atoms with Gasteiger partial charge in [-0.15, -0.1) is 0 Å². The van der Waals surface area contributed by atoms with E-state index in [1.807, 2.05) is 31.2 Å². The summed E-state index contributed by atoms with van der Waals surface area (Å²) in [6.07, 6.45) is 2.34. The van der Waals surface area contributed by atoms with Crippen LogP contribution in [0.25, 0.3) is 0 Å². The van der Waals surface area contributed by atoms with Gasteiger partial charge in [-0.25, -0.2) is 5.26 Å². The van der Waals surface area contributed by atoms with Gasteiger partial charge in [0, 0.05) is 18.7 Å². The fourth-order valence-electron chi connectivity index (χ4n) is 2.15. The molecule has 21 heavy (non-hydrogen) atoms. The first-order valence-corrected chi connectivity index (χ1v) is 7.06. The first kappa shape index (κ1) is 15.1. The van der Waals surface area contributed by atoms with Gasteiger partial charge in [0.1, 0.15) is 5.76 Å². The van der Waals surface area contributed by atoms with Crippen molar-refractivity contribution in [2.24, 2.45) is 0 Å². The van der Waals surface area contributed by atoms with Crippen LogP contribution in [0.1, 0.15) is 23.6 Å². The van der Waals surface area contributed by atoms with Crippen molar-refractivity contribution in [1.29, 1.82) is 0 Å². The standard InChI is InChI=1S/C18H21NO2/c1-3-18(21-20)12-15-7-9-17(10-8-15)19-13-16-6-4-5-14(2)11-16/h3-11,19-20H,12-13H2,1-2H3/b18-3+. The van der Waals surface area contributed by atoms with Crippen LogP contribution in [0.2, 0.25) is 0 Å². The minimum Gasteiger partial charge on any atom is -0.381 e. The molecule has 0 unspecified atom stereocenters. The SMILES string of the molecule is C/C=C(\Cc1ccc(NCc2cccc(C)c2)cc1)OO. The molecule has 2 aromatic rings. The summed E-state index contributed by atoms with van der Waals surface area (Å²) in [5.41, 5.74) is 4.71. The molecule has 0 bridgehead atoms. The average molecular weight is 283 g/mol. The summed E-state index contributed by atoms with van der Waals surface area (Å²) in [6.45, 7) is 4.74. The molecular formula is C18H21NO2. The summed E-state index contributed by atoms with van der Waals surface area (Å²) in [6, 6.07) is 16.6. The number of anilines is 1. The maximum atomic E-state index is 8.69. The minimum atomic E-state index is 0.551. The van der Waals surface area contributed by atoms with Crippen LogP contribution in [0.3, 0.4) is 0 Å². The molecule has 0 aliphatic rings. The first-order valence-electron chi connectivity index (χ1n) is 7.06. The lowest BCUT2D eigenvalue weighted by Crippen LogP contribution is -2.00. The van der Waals surface area contributed by atoms with Crippen LogP contribution in [0, 0.1) is 6.92 Å². The molecular weight excluding hydrogens is 262 g/mol. The minimum absolute atomic E-state index is 0.551. The van der Waals surface area contributed by atoms with Gasteiger partial charge in [0.05, 0.1) is 0 Å². The first-order chi connectivity index (χ1) is 10.2. The molecule has 0 spiro atoms. The molecule has 3 nitrogen and oxygen atoms in total. The zero-order valence-corrected chi connectivity index (χ0v) is 12.5. The maximum absolute atomic E-state index is 8.69. The second-order valence-corrected chi connectivity index (χ2v) is 5.06. The van der Waals surface area contributed by atoms with Crippen LogP contribution in [0.15, 0.2) is 60.4 Å². The van der Waals surface area contributed by atoms with Crippen LogP contribution in [0.5, 0.6) is 0 Å². The van der Waals surface area contributed by atoms with E-state index in [0.29, 0.717) is 12.2 Å². The molecule has 2 N–H and O–H groups in total. The molecule has 0 amide bonds. The van der Waals surface area contributed by atoms with Crippen LogP contribution in [0.4, 0.5) is 5.69 Å². The van der Waals surface area contributed by atoms with E-state index in [4.69, 9.17) is 5.26 Å². The molecule has 0 saturated carbocycles. The second-order valence-electron chi connectivity index (χ2n) is 5.06. The second kappa shape index (κ2) is 7.50. The topological polar surface area (TPSA) is 41.5 Å². The van der Waals surface area contributed by atoms with Gasteiger partial charge in [0.25, 0.3) is 0 Å². The van der Waals surface area contributed by atoms with Crippen LogP contribution < -0.4 is 5.32 Å². The van der Waals surface area contributed by atoms with E-state index < -0.39 is 0 Å². The summed E-state index contributed by atoms with van der Waals surface area (Å²) >= 11 is 0. The lowest BCUT2D eigenvalue weighted by Gasteiger charge is -2.09. The third-order valence-electron chi connectivity index (χ3n) is 3.35. The van der Waals surface area contributed by atoms with Crippen molar-refractivity contribution in [3.05, 3.63) is 77.1 Å². The van der Waals surface area contributed by atoms with Crippen molar-refractivity contribution < 1.29 is 10.1 Å². The lowest BCUT2D eigenvalue weighted by molar-refractivity contribution is -0.204. The summed E-state index contributed by atoms with van der Waals surface area (Å²) in [5.74, 6) is 0.551. The lowest BCUT2D eigenvalue weighted by atomic mass is 10.1. The average Bonchev–Trinajstić information content (AvgIpc) is 2.52. The van der Waals surface area contributed by atoms with Gasteiger partial charge < -0.3 is 10.2 Å². The van der Waals surface area contributed by atoms with Gasteiger partial charge in [-0.3, -0.25) is 0 Å². The Morgan fingerprint density at radius 1 is 1.14 bits per heavy atom. The van der Waals surface area contributed by atoms with Gasteiger partial charge in [0.2, 0.25) is 0 Å². The summed E-state index contributed by atoms with van der Waals surface area (Å²) in [7, 11) is 0. The summed E-state index contributed by atoms with van der Waals surface area (Å²) in [4.78, 5) is 4.30. The Labute approximate surface area is 125 Å². The molecule has 110 valence electrons. The van der Waals surface area contributed by atoms with Crippen LogP contribution in [-0.2, 0) is 17.9 Å². The third-order valence-corrected chi connectivity index (χ3v) is 3.35. The maximum Gasteiger partial charge on any atom is 0.142 e. The van der Waals surface area contributed by atoms with E-state index in [1.165, 1.54) is 11.1 Å². The highest BCUT2D eigenvalue weighted by Gasteiger charge is 2.00. The molecule has 0 aromatic heterocycles. The van der Waals surface area contributed by atoms with Gasteiger partial charge in [-0.1, -0.05) is 42.0 Å². The van der Waals surface area contributed by atoms with E-state index in [2.05, 4.69) is 41.4 Å². The van der Waals surface area contributed by atoms with Crippen LogP contribution >= 0.6 is 0 Å². The molecule has 2 rings (SSSR count). The molecule has 0 fully saturated rings. The van der Waals surface area contributed by atoms with Crippen molar-refractivity contribution in [1.82, 2.24) is 0 Å². The molecule has 2 aromatic carbocycles. The molecule has 0 aliphatic carbocycles. The fraction of sp³-hybridized carbons (Fsp3) is 0.222. The van der Waals surface area contributed by atoms with E-state index >= 15 is 0 Å². The normalized spacial score (nSPS) is 11.3. The highest BCUT2D eigenvalue weighted by Crippen LogP contribution is 2.14. The van der Waals surface area contributed by atoms with Crippen molar-refractivity contribution in [2.45, 2.75) is 26.8 Å². The van der Waals surface area contributed by atoms with Crippen molar-refractivity contribution in [3.8, 4) is 0 Å². The Morgan fingerprint density at radius 2 is 1.90 bits per heavy atom. The van der Waals surface area contributed by atoms with Gasteiger partial charge in [-0.2, -0.15) is 0 Å². The van der Waals surface area contributed by atoms with E-state index in [-0.39, 0.29) is 0 Å². The van der Waals surface area contributed by atoms with Gasteiger partial charge in [-0.05, 0) is 43.2 Å². The van der Waals surface area contributed by atoms with Gasteiger partial charge >= 0.3 is 0 Å². The number of hydrogen-bond donors (Lipinski definition) is 2. The molecule has 0 radical (unpaired) electrons.